The van der Waals surface area contributed by atoms with Crippen molar-refractivity contribution in [1.29, 1.82) is 0 Å². The number of benzene rings is 2. The van der Waals surface area contributed by atoms with Crippen LogP contribution in [0.25, 0.3) is 22.0 Å². The molecule has 2 aromatic carbocycles. The summed E-state index contributed by atoms with van der Waals surface area (Å²) in [6.07, 6.45) is -1.45. The van der Waals surface area contributed by atoms with E-state index in [0.29, 0.717) is 22.0 Å². The lowest BCUT2D eigenvalue weighted by atomic mass is 10.0. The van der Waals surface area contributed by atoms with Crippen molar-refractivity contribution in [2.75, 3.05) is 5.32 Å². The maximum Gasteiger partial charge on any atom is 0.391 e. The summed E-state index contributed by atoms with van der Waals surface area (Å²) in [6.45, 7) is 3.13. The summed E-state index contributed by atoms with van der Waals surface area (Å²) in [5.74, 6) is -0.512. The zero-order valence-electron chi connectivity index (χ0n) is 18.7. The number of aromatic nitrogens is 3. The van der Waals surface area contributed by atoms with E-state index in [2.05, 4.69) is 20.3 Å². The average molecular weight is 505 g/mol. The zero-order valence-corrected chi connectivity index (χ0v) is 19.5. The van der Waals surface area contributed by atoms with Crippen LogP contribution in [-0.4, -0.2) is 26.2 Å². The first kappa shape index (κ1) is 24.8. The highest BCUT2D eigenvalue weighted by Crippen LogP contribution is 2.39. The molecule has 1 atom stereocenters. The lowest BCUT2D eigenvalue weighted by molar-refractivity contribution is -0.137. The Labute approximate surface area is 203 Å². The van der Waals surface area contributed by atoms with Gasteiger partial charge in [-0.05, 0) is 37.6 Å². The maximum atomic E-state index is 14.4. The molecule has 35 heavy (non-hydrogen) atoms. The minimum absolute atomic E-state index is 0.0896. The molecule has 0 spiro atoms. The van der Waals surface area contributed by atoms with Gasteiger partial charge >= 0.3 is 6.18 Å². The number of anilines is 1. The standard InChI is InChI=1S/C25H21ClF4N4O/c1-24(2,35)23-32-11-15(12-33-23)14-7-8-20-17(9-14)22(18(26)13-31-20)34-21(10-25(28,29)30)16-5-3-4-6-19(16)27/h3-9,11-13,21,35H,10H2,1-2H3,(H,31,34). The second-order valence-electron chi connectivity index (χ2n) is 8.61. The molecular formula is C25H21ClF4N4O. The number of nitrogens with zero attached hydrogens (tertiary/aromatic N) is 3. The quantitative estimate of drug-likeness (QED) is 0.282. The molecule has 2 aromatic heterocycles. The summed E-state index contributed by atoms with van der Waals surface area (Å²) in [5, 5.41) is 13.4. The summed E-state index contributed by atoms with van der Waals surface area (Å²) in [6, 6.07) is 9.05. The van der Waals surface area contributed by atoms with Crippen molar-refractivity contribution < 1.29 is 22.7 Å². The Morgan fingerprint density at radius 2 is 1.66 bits per heavy atom. The topological polar surface area (TPSA) is 70.9 Å². The maximum absolute atomic E-state index is 14.4. The molecule has 0 saturated carbocycles. The van der Waals surface area contributed by atoms with Crippen molar-refractivity contribution in [2.24, 2.45) is 0 Å². The van der Waals surface area contributed by atoms with Gasteiger partial charge in [0.25, 0.3) is 0 Å². The number of nitrogens with one attached hydrogen (secondary N) is 1. The number of halogens is 5. The van der Waals surface area contributed by atoms with Crippen molar-refractivity contribution >= 4 is 28.2 Å². The molecule has 4 aromatic rings. The van der Waals surface area contributed by atoms with Gasteiger partial charge in [0.15, 0.2) is 5.82 Å². The summed E-state index contributed by atoms with van der Waals surface area (Å²) in [4.78, 5) is 12.7. The van der Waals surface area contributed by atoms with Crippen LogP contribution in [0.1, 0.15) is 37.7 Å². The van der Waals surface area contributed by atoms with Crippen LogP contribution >= 0.6 is 11.6 Å². The fourth-order valence-electron chi connectivity index (χ4n) is 3.69. The molecular weight excluding hydrogens is 484 g/mol. The zero-order chi connectivity index (χ0) is 25.4. The van der Waals surface area contributed by atoms with Gasteiger partial charge in [-0.15, -0.1) is 0 Å². The van der Waals surface area contributed by atoms with E-state index in [-0.39, 0.29) is 22.1 Å². The fraction of sp³-hybridized carbons (Fsp3) is 0.240. The lowest BCUT2D eigenvalue weighted by Crippen LogP contribution is -2.21. The highest BCUT2D eigenvalue weighted by Gasteiger charge is 2.34. The molecule has 2 N–H and O–H groups in total. The van der Waals surface area contributed by atoms with E-state index in [1.807, 2.05) is 0 Å². The first-order valence-electron chi connectivity index (χ1n) is 10.6. The molecule has 0 bridgehead atoms. The highest BCUT2D eigenvalue weighted by molar-refractivity contribution is 6.34. The van der Waals surface area contributed by atoms with Gasteiger partial charge in [-0.2, -0.15) is 13.2 Å². The predicted molar refractivity (Wildman–Crippen MR) is 126 cm³/mol. The van der Waals surface area contributed by atoms with Crippen molar-refractivity contribution in [3.63, 3.8) is 0 Å². The molecule has 0 amide bonds. The Hall–Kier alpha value is -3.30. The first-order valence-corrected chi connectivity index (χ1v) is 11.0. The van der Waals surface area contributed by atoms with Crippen LogP contribution in [0.2, 0.25) is 5.02 Å². The Morgan fingerprint density at radius 1 is 0.971 bits per heavy atom. The van der Waals surface area contributed by atoms with E-state index in [0.717, 1.165) is 6.07 Å². The van der Waals surface area contributed by atoms with Gasteiger partial charge in [0.1, 0.15) is 11.4 Å². The van der Waals surface area contributed by atoms with E-state index in [1.54, 1.807) is 44.4 Å². The van der Waals surface area contributed by atoms with Crippen molar-refractivity contribution in [3.8, 4) is 11.1 Å². The molecule has 4 rings (SSSR count). The minimum atomic E-state index is -4.56. The smallest absolute Gasteiger partial charge is 0.382 e. The van der Waals surface area contributed by atoms with Gasteiger partial charge in [-0.25, -0.2) is 14.4 Å². The van der Waals surface area contributed by atoms with E-state index in [9.17, 15) is 22.7 Å². The monoisotopic (exact) mass is 504 g/mol. The number of aliphatic hydroxyl groups is 1. The molecule has 0 aliphatic heterocycles. The van der Waals surface area contributed by atoms with E-state index in [4.69, 9.17) is 11.6 Å². The Kier molecular flexibility index (Phi) is 6.66. The summed E-state index contributed by atoms with van der Waals surface area (Å²) >= 11 is 6.36. The Bertz CT molecular complexity index is 1350. The average Bonchev–Trinajstić information content (AvgIpc) is 2.79. The fourth-order valence-corrected chi connectivity index (χ4v) is 3.89. The van der Waals surface area contributed by atoms with Crippen molar-refractivity contribution in [3.05, 3.63) is 83.3 Å². The molecule has 0 aliphatic rings. The van der Waals surface area contributed by atoms with Gasteiger partial charge < -0.3 is 10.4 Å². The molecule has 0 aliphatic carbocycles. The van der Waals surface area contributed by atoms with Gasteiger partial charge in [-0.1, -0.05) is 35.9 Å². The Morgan fingerprint density at radius 3 is 2.29 bits per heavy atom. The highest BCUT2D eigenvalue weighted by atomic mass is 35.5. The molecule has 2 heterocycles. The van der Waals surface area contributed by atoms with Crippen LogP contribution in [0.4, 0.5) is 23.2 Å². The van der Waals surface area contributed by atoms with Crippen LogP contribution in [0.15, 0.2) is 61.1 Å². The SMILES string of the molecule is CC(C)(O)c1ncc(-c2ccc3ncc(Cl)c(NC(CC(F)(F)F)c4ccccc4F)c3c2)cn1. The molecule has 0 fully saturated rings. The third-order valence-electron chi connectivity index (χ3n) is 5.39. The minimum Gasteiger partial charge on any atom is -0.382 e. The van der Waals surface area contributed by atoms with E-state index >= 15 is 0 Å². The molecule has 0 radical (unpaired) electrons. The second-order valence-corrected chi connectivity index (χ2v) is 9.01. The Balaban J connectivity index is 1.79. The molecule has 182 valence electrons. The van der Waals surface area contributed by atoms with E-state index < -0.39 is 30.1 Å². The molecule has 1 unspecified atom stereocenters. The van der Waals surface area contributed by atoms with Crippen LogP contribution in [-0.2, 0) is 5.60 Å². The molecule has 5 nitrogen and oxygen atoms in total. The summed E-state index contributed by atoms with van der Waals surface area (Å²) in [5.41, 5.74) is 0.616. The van der Waals surface area contributed by atoms with Crippen LogP contribution in [0.5, 0.6) is 0 Å². The van der Waals surface area contributed by atoms with E-state index in [1.165, 1.54) is 24.4 Å². The van der Waals surface area contributed by atoms with Crippen LogP contribution in [0.3, 0.4) is 0 Å². The molecule has 0 saturated heterocycles. The normalized spacial score (nSPS) is 13.1. The number of fused-ring (bicyclic) bond motifs is 1. The van der Waals surface area contributed by atoms with Crippen molar-refractivity contribution in [2.45, 2.75) is 38.1 Å². The van der Waals surface area contributed by atoms with Crippen LogP contribution < -0.4 is 5.32 Å². The van der Waals surface area contributed by atoms with Crippen molar-refractivity contribution in [1.82, 2.24) is 15.0 Å². The number of alkyl halides is 3. The molecule has 10 heteroatoms. The largest absolute Gasteiger partial charge is 0.391 e. The lowest BCUT2D eigenvalue weighted by Gasteiger charge is -2.24. The van der Waals surface area contributed by atoms with Gasteiger partial charge in [-0.3, -0.25) is 4.98 Å². The van der Waals surface area contributed by atoms with Gasteiger partial charge in [0.2, 0.25) is 0 Å². The first-order chi connectivity index (χ1) is 16.4. The predicted octanol–water partition coefficient (Wildman–Crippen LogP) is 6.82. The number of rotatable bonds is 6. The van der Waals surface area contributed by atoms with Gasteiger partial charge in [0.05, 0.1) is 28.7 Å². The number of pyridine rings is 1. The second kappa shape index (κ2) is 9.39. The van der Waals surface area contributed by atoms with Crippen LogP contribution in [0, 0.1) is 5.82 Å². The number of hydrogen-bond donors (Lipinski definition) is 2. The summed E-state index contributed by atoms with van der Waals surface area (Å²) < 4.78 is 54.7. The van der Waals surface area contributed by atoms with Gasteiger partial charge in [0, 0.05) is 35.1 Å². The number of hydrogen-bond acceptors (Lipinski definition) is 5. The summed E-state index contributed by atoms with van der Waals surface area (Å²) in [7, 11) is 0. The third kappa shape index (κ3) is 5.68. The third-order valence-corrected chi connectivity index (χ3v) is 5.68.